The van der Waals surface area contributed by atoms with Crippen molar-refractivity contribution in [3.63, 3.8) is 0 Å². The van der Waals surface area contributed by atoms with Gasteiger partial charge in [0.25, 0.3) is 5.56 Å². The molecule has 0 aliphatic heterocycles. The fourth-order valence-corrected chi connectivity index (χ4v) is 3.67. The second-order valence-corrected chi connectivity index (χ2v) is 7.33. The minimum Gasteiger partial charge on any atom is -0.293 e. The van der Waals surface area contributed by atoms with Crippen LogP contribution >= 0.6 is 11.3 Å². The third-order valence-corrected chi connectivity index (χ3v) is 5.36. The third kappa shape index (κ3) is 3.21. The van der Waals surface area contributed by atoms with Crippen LogP contribution in [0, 0.1) is 13.8 Å². The highest BCUT2D eigenvalue weighted by molar-refractivity contribution is 7.12. The van der Waals surface area contributed by atoms with Gasteiger partial charge in [-0.2, -0.15) is 0 Å². The van der Waals surface area contributed by atoms with Crippen molar-refractivity contribution < 1.29 is 0 Å². The highest BCUT2D eigenvalue weighted by Gasteiger charge is 2.15. The second-order valence-electron chi connectivity index (χ2n) is 6.01. The molecular formula is C18H21N3OS. The molecule has 0 unspecified atom stereocenters. The van der Waals surface area contributed by atoms with Crippen LogP contribution in [0.15, 0.2) is 41.3 Å². The lowest BCUT2D eigenvalue weighted by Crippen LogP contribution is -2.24. The van der Waals surface area contributed by atoms with E-state index in [-0.39, 0.29) is 5.56 Å². The molecular weight excluding hydrogens is 306 g/mol. The molecule has 0 saturated heterocycles. The van der Waals surface area contributed by atoms with E-state index in [1.165, 1.54) is 9.75 Å². The monoisotopic (exact) mass is 327 g/mol. The maximum Gasteiger partial charge on any atom is 0.258 e. The summed E-state index contributed by atoms with van der Waals surface area (Å²) in [6, 6.07) is 10.1. The third-order valence-electron chi connectivity index (χ3n) is 4.18. The van der Waals surface area contributed by atoms with Gasteiger partial charge in [0.2, 0.25) is 0 Å². The molecule has 0 aromatic carbocycles. The molecule has 0 aliphatic carbocycles. The maximum absolute atomic E-state index is 12.3. The number of pyridine rings is 1. The highest BCUT2D eigenvalue weighted by Crippen LogP contribution is 2.27. The summed E-state index contributed by atoms with van der Waals surface area (Å²) in [5.74, 6) is 0. The Hall–Kier alpha value is -1.98. The zero-order valence-electron chi connectivity index (χ0n) is 13.9. The average molecular weight is 327 g/mol. The van der Waals surface area contributed by atoms with E-state index in [1.807, 2.05) is 30.4 Å². The molecule has 0 bridgehead atoms. The van der Waals surface area contributed by atoms with E-state index in [0.29, 0.717) is 12.6 Å². The topological polar surface area (TPSA) is 37.6 Å². The first-order valence-electron chi connectivity index (χ1n) is 7.70. The summed E-state index contributed by atoms with van der Waals surface area (Å²) < 4.78 is 1.60. The van der Waals surface area contributed by atoms with Crippen LogP contribution in [-0.4, -0.2) is 21.3 Å². The first kappa shape index (κ1) is 15.9. The molecule has 0 fully saturated rings. The molecule has 3 aromatic rings. The van der Waals surface area contributed by atoms with Crippen molar-refractivity contribution in [2.75, 3.05) is 7.05 Å². The van der Waals surface area contributed by atoms with Crippen LogP contribution < -0.4 is 5.56 Å². The molecule has 4 nitrogen and oxygen atoms in total. The van der Waals surface area contributed by atoms with Crippen molar-refractivity contribution in [1.29, 1.82) is 0 Å². The Kier molecular flexibility index (Phi) is 4.33. The van der Waals surface area contributed by atoms with E-state index in [1.54, 1.807) is 16.7 Å². The molecule has 1 atom stereocenters. The number of fused-ring (bicyclic) bond motifs is 1. The predicted molar refractivity (Wildman–Crippen MR) is 95.1 cm³/mol. The number of thiophene rings is 1. The lowest BCUT2D eigenvalue weighted by Gasteiger charge is -2.23. The average Bonchev–Trinajstić information content (AvgIpc) is 2.94. The Morgan fingerprint density at radius 3 is 2.78 bits per heavy atom. The molecule has 0 radical (unpaired) electrons. The van der Waals surface area contributed by atoms with Crippen LogP contribution in [0.5, 0.6) is 0 Å². The Bertz CT molecular complexity index is 897. The lowest BCUT2D eigenvalue weighted by atomic mass is 10.2. The zero-order chi connectivity index (χ0) is 16.6. The summed E-state index contributed by atoms with van der Waals surface area (Å²) in [4.78, 5) is 21.8. The van der Waals surface area contributed by atoms with Gasteiger partial charge >= 0.3 is 0 Å². The van der Waals surface area contributed by atoms with Gasteiger partial charge in [0.1, 0.15) is 5.65 Å². The quantitative estimate of drug-likeness (QED) is 0.735. The smallest absolute Gasteiger partial charge is 0.258 e. The first-order valence-corrected chi connectivity index (χ1v) is 8.52. The second kappa shape index (κ2) is 6.26. The van der Waals surface area contributed by atoms with Crippen LogP contribution in [0.3, 0.4) is 0 Å². The Morgan fingerprint density at radius 2 is 2.09 bits per heavy atom. The van der Waals surface area contributed by atoms with E-state index >= 15 is 0 Å². The molecule has 0 saturated carbocycles. The molecule has 23 heavy (non-hydrogen) atoms. The van der Waals surface area contributed by atoms with Gasteiger partial charge in [0, 0.05) is 34.6 Å². The van der Waals surface area contributed by atoms with Gasteiger partial charge in [-0.1, -0.05) is 6.07 Å². The van der Waals surface area contributed by atoms with Crippen molar-refractivity contribution in [3.8, 4) is 0 Å². The Morgan fingerprint density at radius 1 is 1.30 bits per heavy atom. The van der Waals surface area contributed by atoms with Crippen LogP contribution in [0.2, 0.25) is 0 Å². The number of nitrogens with zero attached hydrogens (tertiary/aromatic N) is 3. The minimum absolute atomic E-state index is 0.0262. The van der Waals surface area contributed by atoms with Gasteiger partial charge in [-0.3, -0.25) is 14.1 Å². The summed E-state index contributed by atoms with van der Waals surface area (Å²) in [6.45, 7) is 6.93. The van der Waals surface area contributed by atoms with Gasteiger partial charge in [0.05, 0.1) is 5.69 Å². The Balaban J connectivity index is 1.89. The Labute approximate surface area is 140 Å². The number of hydrogen-bond donors (Lipinski definition) is 0. The summed E-state index contributed by atoms with van der Waals surface area (Å²) in [7, 11) is 2.07. The fourth-order valence-electron chi connectivity index (χ4n) is 2.68. The van der Waals surface area contributed by atoms with E-state index in [4.69, 9.17) is 0 Å². The molecule has 120 valence electrons. The van der Waals surface area contributed by atoms with Gasteiger partial charge in [-0.05, 0) is 51.6 Å². The van der Waals surface area contributed by atoms with E-state index in [9.17, 15) is 4.79 Å². The molecule has 5 heteroatoms. The standard InChI is InChI=1S/C18H21N3OS/c1-12-6-5-9-21-17(22)10-15(19-18(12)21)11-20(4)14(3)16-8-7-13(2)23-16/h5-10,14H,11H2,1-4H3/t14-/m0/s1. The van der Waals surface area contributed by atoms with Gasteiger partial charge in [-0.25, -0.2) is 4.98 Å². The highest BCUT2D eigenvalue weighted by atomic mass is 32.1. The number of aromatic nitrogens is 2. The number of aryl methyl sites for hydroxylation is 2. The van der Waals surface area contributed by atoms with Crippen LogP contribution in [0.1, 0.15) is 34.0 Å². The summed E-state index contributed by atoms with van der Waals surface area (Å²) in [5.41, 5.74) is 2.53. The SMILES string of the molecule is Cc1ccc([C@H](C)N(C)Cc2cc(=O)n3cccc(C)c3n2)s1. The van der Waals surface area contributed by atoms with E-state index < -0.39 is 0 Å². The normalized spacial score (nSPS) is 12.9. The van der Waals surface area contributed by atoms with Crippen LogP contribution in [-0.2, 0) is 6.54 Å². The predicted octanol–water partition coefficient (Wildman–Crippen LogP) is 3.57. The summed E-state index contributed by atoms with van der Waals surface area (Å²) in [6.07, 6.45) is 1.77. The molecule has 0 spiro atoms. The van der Waals surface area contributed by atoms with Crippen molar-refractivity contribution in [3.05, 3.63) is 67.9 Å². The fraction of sp³-hybridized carbons (Fsp3) is 0.333. The largest absolute Gasteiger partial charge is 0.293 e. The van der Waals surface area contributed by atoms with Crippen molar-refractivity contribution in [2.24, 2.45) is 0 Å². The molecule has 0 N–H and O–H groups in total. The maximum atomic E-state index is 12.3. The van der Waals surface area contributed by atoms with Crippen molar-refractivity contribution in [2.45, 2.75) is 33.4 Å². The van der Waals surface area contributed by atoms with Crippen LogP contribution in [0.4, 0.5) is 0 Å². The first-order chi connectivity index (χ1) is 11.0. The molecule has 3 rings (SSSR count). The summed E-state index contributed by atoms with van der Waals surface area (Å²) in [5, 5.41) is 0. The van der Waals surface area contributed by atoms with Gasteiger partial charge < -0.3 is 0 Å². The zero-order valence-corrected chi connectivity index (χ0v) is 14.7. The van der Waals surface area contributed by atoms with Gasteiger partial charge in [0.15, 0.2) is 0 Å². The molecule has 0 aliphatic rings. The molecule has 0 amide bonds. The summed E-state index contributed by atoms with van der Waals surface area (Å²) >= 11 is 1.81. The van der Waals surface area contributed by atoms with Crippen molar-refractivity contribution >= 4 is 17.0 Å². The van der Waals surface area contributed by atoms with Gasteiger partial charge in [-0.15, -0.1) is 11.3 Å². The lowest BCUT2D eigenvalue weighted by molar-refractivity contribution is 0.253. The van der Waals surface area contributed by atoms with Crippen LogP contribution in [0.25, 0.3) is 5.65 Å². The number of hydrogen-bond acceptors (Lipinski definition) is 4. The molecule has 3 heterocycles. The van der Waals surface area contributed by atoms with E-state index in [0.717, 1.165) is 16.9 Å². The number of rotatable bonds is 4. The minimum atomic E-state index is -0.0262. The molecule has 3 aromatic heterocycles. The van der Waals surface area contributed by atoms with Crippen molar-refractivity contribution in [1.82, 2.24) is 14.3 Å². The van der Waals surface area contributed by atoms with E-state index in [2.05, 4.69) is 42.9 Å².